The highest BCUT2D eigenvalue weighted by atomic mass is 79.9. The zero-order valence-corrected chi connectivity index (χ0v) is 11.1. The molecule has 0 heterocycles. The number of halogens is 1. The molecule has 0 saturated carbocycles. The van der Waals surface area contributed by atoms with Crippen LogP contribution in [0.15, 0.2) is 24.3 Å². The Morgan fingerprint density at radius 2 is 1.87 bits per heavy atom. The predicted octanol–water partition coefficient (Wildman–Crippen LogP) is 4.19. The first kappa shape index (κ1) is 12.6. The molecule has 1 aromatic carbocycles. The third-order valence-corrected chi connectivity index (χ3v) is 2.93. The number of aryl methyl sites for hydroxylation is 1. The lowest BCUT2D eigenvalue weighted by atomic mass is 10.1. The summed E-state index contributed by atoms with van der Waals surface area (Å²) in [5.74, 6) is 0.938. The highest BCUT2D eigenvalue weighted by Crippen LogP contribution is 2.15. The van der Waals surface area contributed by atoms with Crippen LogP contribution in [0.3, 0.4) is 0 Å². The van der Waals surface area contributed by atoms with E-state index >= 15 is 0 Å². The van der Waals surface area contributed by atoms with E-state index in [0.29, 0.717) is 4.83 Å². The molecule has 0 aliphatic carbocycles. The SMILES string of the molecule is COc1ccc(CCCCC(C)Br)cc1. The summed E-state index contributed by atoms with van der Waals surface area (Å²) in [4.78, 5) is 0.647. The fraction of sp³-hybridized carbons (Fsp3) is 0.538. The maximum absolute atomic E-state index is 5.12. The van der Waals surface area contributed by atoms with E-state index in [2.05, 4.69) is 35.0 Å². The first-order valence-electron chi connectivity index (χ1n) is 5.49. The third-order valence-electron chi connectivity index (χ3n) is 2.48. The number of alkyl halides is 1. The highest BCUT2D eigenvalue weighted by molar-refractivity contribution is 9.09. The first-order chi connectivity index (χ1) is 7.22. The average Bonchev–Trinajstić information content (AvgIpc) is 2.25. The van der Waals surface area contributed by atoms with Gasteiger partial charge < -0.3 is 4.74 Å². The van der Waals surface area contributed by atoms with Crippen LogP contribution in [-0.4, -0.2) is 11.9 Å². The van der Waals surface area contributed by atoms with Crippen molar-refractivity contribution in [3.63, 3.8) is 0 Å². The van der Waals surface area contributed by atoms with Crippen molar-refractivity contribution in [1.29, 1.82) is 0 Å². The number of ether oxygens (including phenoxy) is 1. The lowest BCUT2D eigenvalue weighted by molar-refractivity contribution is 0.414. The molecule has 0 aromatic heterocycles. The van der Waals surface area contributed by atoms with E-state index in [1.165, 1.54) is 31.2 Å². The fourth-order valence-corrected chi connectivity index (χ4v) is 1.87. The van der Waals surface area contributed by atoms with Crippen LogP contribution >= 0.6 is 15.9 Å². The van der Waals surface area contributed by atoms with Gasteiger partial charge in [-0.2, -0.15) is 0 Å². The van der Waals surface area contributed by atoms with Crippen LogP contribution < -0.4 is 4.74 Å². The molecule has 84 valence electrons. The van der Waals surface area contributed by atoms with Gasteiger partial charge in [0.2, 0.25) is 0 Å². The standard InChI is InChI=1S/C13H19BrO/c1-11(14)5-3-4-6-12-7-9-13(15-2)10-8-12/h7-11H,3-6H2,1-2H3. The van der Waals surface area contributed by atoms with E-state index in [4.69, 9.17) is 4.74 Å². The number of benzene rings is 1. The maximum Gasteiger partial charge on any atom is 0.118 e. The zero-order valence-electron chi connectivity index (χ0n) is 9.50. The molecular formula is C13H19BrO. The minimum absolute atomic E-state index is 0.647. The van der Waals surface area contributed by atoms with Crippen molar-refractivity contribution in [2.75, 3.05) is 7.11 Å². The van der Waals surface area contributed by atoms with Crippen LogP contribution in [0.25, 0.3) is 0 Å². The number of rotatable bonds is 6. The van der Waals surface area contributed by atoms with Gasteiger partial charge >= 0.3 is 0 Å². The Bertz CT molecular complexity index is 266. The molecule has 1 nitrogen and oxygen atoms in total. The quantitative estimate of drug-likeness (QED) is 0.556. The van der Waals surface area contributed by atoms with Gasteiger partial charge in [0.1, 0.15) is 5.75 Å². The van der Waals surface area contributed by atoms with Crippen molar-refractivity contribution < 1.29 is 4.74 Å². The molecule has 0 aliphatic rings. The molecular weight excluding hydrogens is 252 g/mol. The molecule has 2 heteroatoms. The highest BCUT2D eigenvalue weighted by Gasteiger charge is 1.97. The summed E-state index contributed by atoms with van der Waals surface area (Å²) in [6.07, 6.45) is 4.99. The van der Waals surface area contributed by atoms with E-state index in [1.807, 2.05) is 12.1 Å². The second-order valence-electron chi connectivity index (χ2n) is 3.87. The van der Waals surface area contributed by atoms with Crippen LogP contribution in [0.4, 0.5) is 0 Å². The largest absolute Gasteiger partial charge is 0.497 e. The van der Waals surface area contributed by atoms with Gasteiger partial charge in [-0.15, -0.1) is 0 Å². The van der Waals surface area contributed by atoms with Crippen molar-refractivity contribution in [2.45, 2.75) is 37.4 Å². The molecule has 1 aromatic rings. The summed E-state index contributed by atoms with van der Waals surface area (Å²) < 4.78 is 5.12. The molecule has 0 saturated heterocycles. The Morgan fingerprint density at radius 1 is 1.20 bits per heavy atom. The molecule has 0 fully saturated rings. The Hall–Kier alpha value is -0.500. The van der Waals surface area contributed by atoms with Crippen molar-refractivity contribution in [1.82, 2.24) is 0 Å². The minimum Gasteiger partial charge on any atom is -0.497 e. The van der Waals surface area contributed by atoms with E-state index in [-0.39, 0.29) is 0 Å². The van der Waals surface area contributed by atoms with Gasteiger partial charge in [0.25, 0.3) is 0 Å². The van der Waals surface area contributed by atoms with Crippen molar-refractivity contribution >= 4 is 15.9 Å². The van der Waals surface area contributed by atoms with E-state index in [0.717, 1.165) is 5.75 Å². The summed E-state index contributed by atoms with van der Waals surface area (Å²) in [7, 11) is 1.70. The molecule has 0 aliphatic heterocycles. The summed E-state index contributed by atoms with van der Waals surface area (Å²) in [6.45, 7) is 2.20. The molecule has 0 N–H and O–H groups in total. The number of hydrogen-bond acceptors (Lipinski definition) is 1. The fourth-order valence-electron chi connectivity index (χ4n) is 1.55. The van der Waals surface area contributed by atoms with Gasteiger partial charge in [0.15, 0.2) is 0 Å². The second-order valence-corrected chi connectivity index (χ2v) is 5.44. The van der Waals surface area contributed by atoms with Crippen LogP contribution in [0, 0.1) is 0 Å². The number of methoxy groups -OCH3 is 1. The van der Waals surface area contributed by atoms with Gasteiger partial charge in [-0.25, -0.2) is 0 Å². The van der Waals surface area contributed by atoms with Gasteiger partial charge in [0.05, 0.1) is 7.11 Å². The average molecular weight is 271 g/mol. The molecule has 0 amide bonds. The number of unbranched alkanes of at least 4 members (excludes halogenated alkanes) is 1. The Kier molecular flexibility index (Phi) is 5.77. The van der Waals surface area contributed by atoms with Gasteiger partial charge in [-0.1, -0.05) is 41.4 Å². The maximum atomic E-state index is 5.12. The van der Waals surface area contributed by atoms with Crippen molar-refractivity contribution in [3.8, 4) is 5.75 Å². The summed E-state index contributed by atoms with van der Waals surface area (Å²) >= 11 is 3.56. The van der Waals surface area contributed by atoms with E-state index in [9.17, 15) is 0 Å². The Labute approximate surface area is 101 Å². The first-order valence-corrected chi connectivity index (χ1v) is 6.41. The summed E-state index contributed by atoms with van der Waals surface area (Å²) in [5.41, 5.74) is 1.40. The van der Waals surface area contributed by atoms with E-state index < -0.39 is 0 Å². The zero-order chi connectivity index (χ0) is 11.1. The Morgan fingerprint density at radius 3 is 2.40 bits per heavy atom. The molecule has 0 radical (unpaired) electrons. The molecule has 1 rings (SSSR count). The van der Waals surface area contributed by atoms with Crippen LogP contribution in [0.2, 0.25) is 0 Å². The summed E-state index contributed by atoms with van der Waals surface area (Å²) in [6, 6.07) is 8.36. The van der Waals surface area contributed by atoms with Crippen LogP contribution in [-0.2, 0) is 6.42 Å². The lowest BCUT2D eigenvalue weighted by Gasteiger charge is -2.04. The van der Waals surface area contributed by atoms with E-state index in [1.54, 1.807) is 7.11 Å². The van der Waals surface area contributed by atoms with Gasteiger partial charge in [-0.05, 0) is 37.0 Å². The van der Waals surface area contributed by atoms with Gasteiger partial charge in [0, 0.05) is 4.83 Å². The van der Waals surface area contributed by atoms with Crippen molar-refractivity contribution in [2.24, 2.45) is 0 Å². The molecule has 1 atom stereocenters. The molecule has 15 heavy (non-hydrogen) atoms. The summed E-state index contributed by atoms with van der Waals surface area (Å²) in [5, 5.41) is 0. The molecule has 0 spiro atoms. The van der Waals surface area contributed by atoms with Crippen LogP contribution in [0.1, 0.15) is 31.7 Å². The minimum atomic E-state index is 0.647. The van der Waals surface area contributed by atoms with Gasteiger partial charge in [-0.3, -0.25) is 0 Å². The smallest absolute Gasteiger partial charge is 0.118 e. The predicted molar refractivity (Wildman–Crippen MR) is 68.9 cm³/mol. The molecule has 1 unspecified atom stereocenters. The lowest BCUT2D eigenvalue weighted by Crippen LogP contribution is -1.92. The molecule has 0 bridgehead atoms. The normalized spacial score (nSPS) is 12.5. The Balaban J connectivity index is 2.25. The van der Waals surface area contributed by atoms with Crippen LogP contribution in [0.5, 0.6) is 5.75 Å². The topological polar surface area (TPSA) is 9.23 Å². The van der Waals surface area contributed by atoms with Crippen molar-refractivity contribution in [3.05, 3.63) is 29.8 Å². The third kappa shape index (κ3) is 5.22. The second kappa shape index (κ2) is 6.89. The number of hydrogen-bond donors (Lipinski definition) is 0. The monoisotopic (exact) mass is 270 g/mol.